The Balaban J connectivity index is 2.04. The van der Waals surface area contributed by atoms with Gasteiger partial charge in [0, 0.05) is 24.3 Å². The molecular weight excluding hydrogens is 328 g/mol. The molecule has 0 atom stereocenters. The van der Waals surface area contributed by atoms with Crippen molar-refractivity contribution in [2.24, 2.45) is 0 Å². The lowest BCUT2D eigenvalue weighted by molar-refractivity contribution is -0.385. The molecule has 0 amide bonds. The molecule has 0 aliphatic heterocycles. The number of benzene rings is 2. The Labute approximate surface area is 134 Å². The number of rotatable bonds is 5. The van der Waals surface area contributed by atoms with Gasteiger partial charge < -0.3 is 4.74 Å². The third-order valence-corrected chi connectivity index (χ3v) is 3.21. The molecule has 0 saturated carbocycles. The highest BCUT2D eigenvalue weighted by Gasteiger charge is 2.16. The summed E-state index contributed by atoms with van der Waals surface area (Å²) in [7, 11) is 0. The quantitative estimate of drug-likeness (QED) is 0.469. The van der Waals surface area contributed by atoms with E-state index in [0.717, 1.165) is 12.1 Å². The number of ether oxygens (including phenoxy) is 1. The Bertz CT molecular complexity index is 775. The van der Waals surface area contributed by atoms with Crippen LogP contribution in [0.3, 0.4) is 0 Å². The number of hydrogen-bond acceptors (Lipinski definition) is 6. The number of carbonyl (C=O) groups excluding carboxylic acids is 1. The topological polar surface area (TPSA) is 113 Å². The number of nitro benzene ring substituents is 2. The van der Waals surface area contributed by atoms with Crippen molar-refractivity contribution < 1.29 is 19.4 Å². The van der Waals surface area contributed by atoms with Gasteiger partial charge in [-0.25, -0.2) is 4.79 Å². The highest BCUT2D eigenvalue weighted by Crippen LogP contribution is 2.23. The van der Waals surface area contributed by atoms with Gasteiger partial charge in [-0.3, -0.25) is 20.2 Å². The van der Waals surface area contributed by atoms with Gasteiger partial charge in [-0.05, 0) is 23.8 Å². The Morgan fingerprint density at radius 1 is 1.00 bits per heavy atom. The third kappa shape index (κ3) is 4.01. The Hall–Kier alpha value is -3.00. The Morgan fingerprint density at radius 3 is 2.09 bits per heavy atom. The lowest BCUT2D eigenvalue weighted by atomic mass is 10.2. The summed E-state index contributed by atoms with van der Waals surface area (Å²) >= 11 is 5.83. The summed E-state index contributed by atoms with van der Waals surface area (Å²) < 4.78 is 5.03. The minimum Gasteiger partial charge on any atom is -0.457 e. The summed E-state index contributed by atoms with van der Waals surface area (Å²) in [5.74, 6) is -0.747. The molecule has 118 valence electrons. The molecule has 0 N–H and O–H groups in total. The number of esters is 1. The van der Waals surface area contributed by atoms with Crippen LogP contribution in [0.25, 0.3) is 0 Å². The first-order valence-corrected chi connectivity index (χ1v) is 6.60. The number of hydrogen-bond donors (Lipinski definition) is 0. The van der Waals surface area contributed by atoms with Crippen molar-refractivity contribution in [1.82, 2.24) is 0 Å². The van der Waals surface area contributed by atoms with Crippen LogP contribution in [-0.2, 0) is 11.3 Å². The molecule has 0 fully saturated rings. The second kappa shape index (κ2) is 6.84. The molecule has 2 aromatic carbocycles. The molecule has 0 aliphatic carbocycles. The second-order valence-electron chi connectivity index (χ2n) is 4.42. The zero-order valence-electron chi connectivity index (χ0n) is 11.5. The summed E-state index contributed by atoms with van der Waals surface area (Å²) in [5.41, 5.74) is 0.251. The van der Waals surface area contributed by atoms with E-state index in [9.17, 15) is 25.0 Å². The lowest BCUT2D eigenvalue weighted by Gasteiger charge is -2.06. The van der Waals surface area contributed by atoms with E-state index in [-0.39, 0.29) is 28.6 Å². The summed E-state index contributed by atoms with van der Waals surface area (Å²) in [6, 6.07) is 8.92. The summed E-state index contributed by atoms with van der Waals surface area (Å²) in [5, 5.41) is 21.0. The number of nitrogens with zero attached hydrogens (tertiary/aromatic N) is 2. The fraction of sp³-hybridized carbons (Fsp3) is 0.0714. The van der Waals surface area contributed by atoms with Crippen molar-refractivity contribution in [1.29, 1.82) is 0 Å². The number of nitro groups is 2. The lowest BCUT2D eigenvalue weighted by Crippen LogP contribution is -2.06. The van der Waals surface area contributed by atoms with Crippen LogP contribution in [0, 0.1) is 20.2 Å². The second-order valence-corrected chi connectivity index (χ2v) is 4.83. The largest absolute Gasteiger partial charge is 0.457 e. The average Bonchev–Trinajstić information content (AvgIpc) is 2.52. The minimum absolute atomic E-state index is 0.000761. The van der Waals surface area contributed by atoms with Crippen LogP contribution >= 0.6 is 11.6 Å². The zero-order valence-corrected chi connectivity index (χ0v) is 12.2. The monoisotopic (exact) mass is 336 g/mol. The molecule has 0 heterocycles. The standard InChI is InChI=1S/C14H9ClN2O6/c15-13-7-11(17(21)22)5-6-12(13)14(18)23-8-9-1-3-10(4-2-9)16(19)20/h1-7H,8H2. The molecule has 0 saturated heterocycles. The van der Waals surface area contributed by atoms with Gasteiger partial charge in [0.2, 0.25) is 0 Å². The molecule has 8 nitrogen and oxygen atoms in total. The summed E-state index contributed by atoms with van der Waals surface area (Å²) in [4.78, 5) is 31.9. The highest BCUT2D eigenvalue weighted by atomic mass is 35.5. The summed E-state index contributed by atoms with van der Waals surface area (Å²) in [6.07, 6.45) is 0. The number of carbonyl (C=O) groups is 1. The van der Waals surface area contributed by atoms with Gasteiger partial charge >= 0.3 is 5.97 Å². The molecule has 0 aromatic heterocycles. The fourth-order valence-corrected chi connectivity index (χ4v) is 1.98. The summed E-state index contributed by atoms with van der Waals surface area (Å²) in [6.45, 7) is -0.107. The minimum atomic E-state index is -0.747. The van der Waals surface area contributed by atoms with Crippen LogP contribution in [0.1, 0.15) is 15.9 Å². The van der Waals surface area contributed by atoms with Gasteiger partial charge in [-0.1, -0.05) is 11.6 Å². The number of halogens is 1. The maximum atomic E-state index is 11.9. The van der Waals surface area contributed by atoms with Gasteiger partial charge in [-0.15, -0.1) is 0 Å². The predicted octanol–water partition coefficient (Wildman–Crippen LogP) is 3.51. The maximum absolute atomic E-state index is 11.9. The van der Waals surface area contributed by atoms with E-state index in [1.807, 2.05) is 0 Å². The highest BCUT2D eigenvalue weighted by molar-refractivity contribution is 6.33. The SMILES string of the molecule is O=C(OCc1ccc([N+](=O)[O-])cc1)c1ccc([N+](=O)[O-])cc1Cl. The van der Waals surface area contributed by atoms with E-state index >= 15 is 0 Å². The van der Waals surface area contributed by atoms with Gasteiger partial charge in [0.1, 0.15) is 6.61 Å². The Morgan fingerprint density at radius 2 is 1.57 bits per heavy atom. The van der Waals surface area contributed by atoms with Crippen molar-refractivity contribution in [3.8, 4) is 0 Å². The van der Waals surface area contributed by atoms with E-state index in [1.165, 1.54) is 30.3 Å². The fourth-order valence-electron chi connectivity index (χ4n) is 1.72. The Kier molecular flexibility index (Phi) is 4.87. The smallest absolute Gasteiger partial charge is 0.339 e. The van der Waals surface area contributed by atoms with Crippen LogP contribution < -0.4 is 0 Å². The molecule has 0 spiro atoms. The van der Waals surface area contributed by atoms with Crippen molar-refractivity contribution >= 4 is 28.9 Å². The third-order valence-electron chi connectivity index (χ3n) is 2.90. The van der Waals surface area contributed by atoms with Gasteiger partial charge in [0.15, 0.2) is 0 Å². The van der Waals surface area contributed by atoms with Crippen molar-refractivity contribution in [3.63, 3.8) is 0 Å². The van der Waals surface area contributed by atoms with Crippen LogP contribution in [0.5, 0.6) is 0 Å². The van der Waals surface area contributed by atoms with Crippen molar-refractivity contribution in [2.45, 2.75) is 6.61 Å². The molecule has 0 bridgehead atoms. The average molecular weight is 337 g/mol. The maximum Gasteiger partial charge on any atom is 0.339 e. The van der Waals surface area contributed by atoms with Crippen LogP contribution in [0.4, 0.5) is 11.4 Å². The van der Waals surface area contributed by atoms with Gasteiger partial charge in [0.25, 0.3) is 11.4 Å². The molecule has 0 radical (unpaired) electrons. The van der Waals surface area contributed by atoms with Crippen LogP contribution in [-0.4, -0.2) is 15.8 Å². The molecular formula is C14H9ClN2O6. The molecule has 9 heteroatoms. The van der Waals surface area contributed by atoms with Crippen LogP contribution in [0.2, 0.25) is 5.02 Å². The normalized spacial score (nSPS) is 10.1. The van der Waals surface area contributed by atoms with E-state index in [1.54, 1.807) is 0 Å². The van der Waals surface area contributed by atoms with Crippen molar-refractivity contribution in [3.05, 3.63) is 78.8 Å². The van der Waals surface area contributed by atoms with Gasteiger partial charge in [-0.2, -0.15) is 0 Å². The van der Waals surface area contributed by atoms with Crippen LogP contribution in [0.15, 0.2) is 42.5 Å². The number of non-ortho nitro benzene ring substituents is 2. The first-order valence-electron chi connectivity index (χ1n) is 6.23. The van der Waals surface area contributed by atoms with E-state index < -0.39 is 15.8 Å². The predicted molar refractivity (Wildman–Crippen MR) is 80.3 cm³/mol. The van der Waals surface area contributed by atoms with E-state index in [2.05, 4.69) is 0 Å². The van der Waals surface area contributed by atoms with E-state index in [4.69, 9.17) is 16.3 Å². The zero-order chi connectivity index (χ0) is 17.0. The molecule has 2 rings (SSSR count). The molecule has 2 aromatic rings. The first-order chi connectivity index (χ1) is 10.9. The molecule has 23 heavy (non-hydrogen) atoms. The van der Waals surface area contributed by atoms with Gasteiger partial charge in [0.05, 0.1) is 20.4 Å². The molecule has 0 aliphatic rings. The molecule has 0 unspecified atom stereocenters. The van der Waals surface area contributed by atoms with E-state index in [0.29, 0.717) is 5.56 Å². The first kappa shape index (κ1) is 16.4. The van der Waals surface area contributed by atoms with Crippen molar-refractivity contribution in [2.75, 3.05) is 0 Å².